The van der Waals surface area contributed by atoms with Crippen molar-refractivity contribution >= 4 is 13.7 Å². The maximum absolute atomic E-state index is 12.9. The molecule has 2 aromatic rings. The van der Waals surface area contributed by atoms with Gasteiger partial charge in [0.2, 0.25) is 0 Å². The van der Waals surface area contributed by atoms with Gasteiger partial charge in [-0.05, 0) is 82.6 Å². The molecule has 0 unspecified atom stereocenters. The van der Waals surface area contributed by atoms with Gasteiger partial charge in [0, 0.05) is 13.1 Å². The first-order valence-electron chi connectivity index (χ1n) is 13.3. The van der Waals surface area contributed by atoms with Crippen molar-refractivity contribution < 1.29 is 27.9 Å². The van der Waals surface area contributed by atoms with E-state index in [1.165, 1.54) is 5.56 Å². The molecule has 1 amide bonds. The van der Waals surface area contributed by atoms with Crippen molar-refractivity contribution in [2.24, 2.45) is 5.92 Å². The van der Waals surface area contributed by atoms with E-state index in [0.717, 1.165) is 36.1 Å². The number of para-hydroxylation sites is 1. The van der Waals surface area contributed by atoms with E-state index < -0.39 is 13.2 Å². The molecule has 7 nitrogen and oxygen atoms in total. The van der Waals surface area contributed by atoms with Gasteiger partial charge in [-0.2, -0.15) is 0 Å². The Kier molecular flexibility index (Phi) is 10.6. The fourth-order valence-electron chi connectivity index (χ4n) is 4.49. The van der Waals surface area contributed by atoms with Crippen LogP contribution in [-0.4, -0.2) is 42.9 Å². The minimum absolute atomic E-state index is 0.226. The first kappa shape index (κ1) is 29.2. The van der Waals surface area contributed by atoms with Crippen molar-refractivity contribution in [3.05, 3.63) is 65.2 Å². The summed E-state index contributed by atoms with van der Waals surface area (Å²) < 4.78 is 35.6. The maximum Gasteiger partial charge on any atom is 0.410 e. The van der Waals surface area contributed by atoms with E-state index in [2.05, 4.69) is 6.07 Å². The van der Waals surface area contributed by atoms with Crippen molar-refractivity contribution in [2.75, 3.05) is 26.3 Å². The summed E-state index contributed by atoms with van der Waals surface area (Å²) in [4.78, 5) is 14.2. The zero-order chi connectivity index (χ0) is 26.9. The number of likely N-dealkylation sites (tertiary alicyclic amines) is 1. The Labute approximate surface area is 222 Å². The van der Waals surface area contributed by atoms with Crippen LogP contribution >= 0.6 is 7.60 Å². The molecule has 8 heteroatoms. The molecule has 1 aliphatic rings. The lowest BCUT2D eigenvalue weighted by Gasteiger charge is -2.33. The van der Waals surface area contributed by atoms with Crippen LogP contribution in [0.1, 0.15) is 64.2 Å². The fraction of sp³-hybridized carbons (Fsp3) is 0.552. The normalized spacial score (nSPS) is 15.0. The summed E-state index contributed by atoms with van der Waals surface area (Å²) in [5.74, 6) is 1.36. The highest BCUT2D eigenvalue weighted by Gasteiger charge is 2.27. The highest BCUT2D eigenvalue weighted by molar-refractivity contribution is 7.53. The number of nitrogens with zero attached hydrogens (tertiary/aromatic N) is 1. The van der Waals surface area contributed by atoms with E-state index in [1.807, 2.05) is 82.0 Å². The van der Waals surface area contributed by atoms with Crippen LogP contribution in [0.4, 0.5) is 4.79 Å². The molecule has 1 aliphatic heterocycles. The van der Waals surface area contributed by atoms with Gasteiger partial charge in [-0.1, -0.05) is 42.5 Å². The van der Waals surface area contributed by atoms with E-state index in [-0.39, 0.29) is 12.3 Å². The average Bonchev–Trinajstić information content (AvgIpc) is 2.83. The topological polar surface area (TPSA) is 74.3 Å². The third-order valence-electron chi connectivity index (χ3n) is 6.16. The van der Waals surface area contributed by atoms with Gasteiger partial charge in [-0.3, -0.25) is 4.57 Å². The van der Waals surface area contributed by atoms with Crippen LogP contribution in [0.3, 0.4) is 0 Å². The largest absolute Gasteiger partial charge is 0.489 e. The number of carbonyl (C=O) groups excluding carboxylic acids is 1. The number of hydrogen-bond acceptors (Lipinski definition) is 6. The fourth-order valence-corrected chi connectivity index (χ4v) is 6.18. The number of hydrogen-bond donors (Lipinski definition) is 0. The minimum atomic E-state index is -3.16. The molecule has 1 fully saturated rings. The Bertz CT molecular complexity index is 1050. The SMILES string of the molecule is CCOP(=O)(Cc1cccc(COc2ccccc2CC2CCN(C(=O)OC(C)(C)C)CC2)c1)OCC. The third kappa shape index (κ3) is 9.48. The zero-order valence-electron chi connectivity index (χ0n) is 22.9. The van der Waals surface area contributed by atoms with Gasteiger partial charge >= 0.3 is 13.7 Å². The molecule has 0 atom stereocenters. The van der Waals surface area contributed by atoms with Crippen molar-refractivity contribution in [3.63, 3.8) is 0 Å². The summed E-state index contributed by atoms with van der Waals surface area (Å²) in [6.07, 6.45) is 2.80. The standard InChI is InChI=1S/C29H42NO6P/c1-6-34-37(32,35-7-2)22-25-12-10-11-24(19-25)21-33-27-14-9-8-13-26(27)20-23-15-17-30(18-16-23)28(31)36-29(3,4)5/h8-14,19,23H,6-7,15-18,20-22H2,1-5H3. The zero-order valence-corrected chi connectivity index (χ0v) is 23.8. The van der Waals surface area contributed by atoms with Crippen LogP contribution in [0.25, 0.3) is 0 Å². The highest BCUT2D eigenvalue weighted by atomic mass is 31.2. The lowest BCUT2D eigenvalue weighted by molar-refractivity contribution is 0.0184. The van der Waals surface area contributed by atoms with E-state index in [9.17, 15) is 9.36 Å². The van der Waals surface area contributed by atoms with Gasteiger partial charge in [-0.15, -0.1) is 0 Å². The first-order chi connectivity index (χ1) is 17.6. The summed E-state index contributed by atoms with van der Waals surface area (Å²) in [5, 5.41) is 0. The van der Waals surface area contributed by atoms with Gasteiger partial charge < -0.3 is 23.4 Å². The Morgan fingerprint density at radius 1 is 0.973 bits per heavy atom. The smallest absolute Gasteiger partial charge is 0.410 e. The molecule has 3 rings (SSSR count). The molecular weight excluding hydrogens is 489 g/mol. The summed E-state index contributed by atoms with van der Waals surface area (Å²) in [6.45, 7) is 11.8. The van der Waals surface area contributed by atoms with E-state index in [4.69, 9.17) is 18.5 Å². The van der Waals surface area contributed by atoms with Crippen LogP contribution in [0.5, 0.6) is 5.75 Å². The van der Waals surface area contributed by atoms with Gasteiger partial charge in [0.15, 0.2) is 0 Å². The highest BCUT2D eigenvalue weighted by Crippen LogP contribution is 2.51. The molecule has 0 radical (unpaired) electrons. The molecule has 1 saturated heterocycles. The Morgan fingerprint density at radius 2 is 1.62 bits per heavy atom. The summed E-state index contributed by atoms with van der Waals surface area (Å²) in [5.41, 5.74) is 2.59. The summed E-state index contributed by atoms with van der Waals surface area (Å²) in [7, 11) is -3.16. The second-order valence-electron chi connectivity index (χ2n) is 10.4. The molecule has 1 heterocycles. The van der Waals surface area contributed by atoms with E-state index >= 15 is 0 Å². The van der Waals surface area contributed by atoms with Crippen molar-refractivity contribution in [3.8, 4) is 5.75 Å². The lowest BCUT2D eigenvalue weighted by Crippen LogP contribution is -2.42. The Morgan fingerprint density at radius 3 is 2.27 bits per heavy atom. The second-order valence-corrected chi connectivity index (χ2v) is 12.5. The van der Waals surface area contributed by atoms with Crippen LogP contribution < -0.4 is 4.74 Å². The molecule has 0 aliphatic carbocycles. The molecule has 0 saturated carbocycles. The maximum atomic E-state index is 12.9. The number of carbonyl (C=O) groups is 1. The molecule has 0 N–H and O–H groups in total. The van der Waals surface area contributed by atoms with Gasteiger partial charge in [-0.25, -0.2) is 4.79 Å². The number of amides is 1. The van der Waals surface area contributed by atoms with Crippen LogP contribution in [-0.2, 0) is 37.5 Å². The molecule has 204 valence electrons. The predicted molar refractivity (Wildman–Crippen MR) is 146 cm³/mol. The number of ether oxygens (including phenoxy) is 2. The van der Waals surface area contributed by atoms with Crippen LogP contribution in [0, 0.1) is 5.92 Å². The summed E-state index contributed by atoms with van der Waals surface area (Å²) in [6, 6.07) is 16.0. The van der Waals surface area contributed by atoms with Gasteiger partial charge in [0.25, 0.3) is 0 Å². The van der Waals surface area contributed by atoms with Crippen LogP contribution in [0.15, 0.2) is 48.5 Å². The van der Waals surface area contributed by atoms with Gasteiger partial charge in [0.1, 0.15) is 18.0 Å². The number of benzene rings is 2. The Balaban J connectivity index is 1.57. The number of rotatable bonds is 11. The molecule has 2 aromatic carbocycles. The average molecular weight is 532 g/mol. The predicted octanol–water partition coefficient (Wildman–Crippen LogP) is 7.22. The molecule has 0 aromatic heterocycles. The lowest BCUT2D eigenvalue weighted by atomic mass is 9.90. The molecule has 37 heavy (non-hydrogen) atoms. The molecule has 0 bridgehead atoms. The Hall–Kier alpha value is -2.34. The second kappa shape index (κ2) is 13.5. The van der Waals surface area contributed by atoms with E-state index in [0.29, 0.717) is 38.8 Å². The van der Waals surface area contributed by atoms with Crippen LogP contribution in [0.2, 0.25) is 0 Å². The van der Waals surface area contributed by atoms with E-state index in [1.54, 1.807) is 0 Å². The molecular formula is C29H42NO6P. The number of piperidine rings is 1. The third-order valence-corrected chi connectivity index (χ3v) is 8.22. The van der Waals surface area contributed by atoms with Gasteiger partial charge in [0.05, 0.1) is 19.4 Å². The monoisotopic (exact) mass is 531 g/mol. The molecule has 0 spiro atoms. The first-order valence-corrected chi connectivity index (χ1v) is 15.0. The minimum Gasteiger partial charge on any atom is -0.489 e. The van der Waals surface area contributed by atoms with Crippen molar-refractivity contribution in [2.45, 2.75) is 72.3 Å². The quantitative estimate of drug-likeness (QED) is 0.285. The van der Waals surface area contributed by atoms with Crippen molar-refractivity contribution in [1.82, 2.24) is 4.90 Å². The summed E-state index contributed by atoms with van der Waals surface area (Å²) >= 11 is 0. The van der Waals surface area contributed by atoms with Crippen molar-refractivity contribution in [1.29, 1.82) is 0 Å².